The maximum absolute atomic E-state index is 11.6. The summed E-state index contributed by atoms with van der Waals surface area (Å²) in [6, 6.07) is 4.70. The van der Waals surface area contributed by atoms with Crippen molar-refractivity contribution in [3.8, 4) is 0 Å². The Hall–Kier alpha value is -1.40. The van der Waals surface area contributed by atoms with Crippen LogP contribution in [-0.4, -0.2) is 30.6 Å². The third-order valence-electron chi connectivity index (χ3n) is 2.31. The minimum atomic E-state index is -1.03. The first-order valence-electron chi connectivity index (χ1n) is 5.52. The molecule has 1 aromatic rings. The summed E-state index contributed by atoms with van der Waals surface area (Å²) in [5, 5.41) is 14.6. The van der Waals surface area contributed by atoms with Crippen molar-refractivity contribution >= 4 is 33.5 Å². The van der Waals surface area contributed by atoms with Gasteiger partial charge in [0.1, 0.15) is 0 Å². The summed E-state index contributed by atoms with van der Waals surface area (Å²) in [5.41, 5.74) is 0.619. The number of carboxylic acid groups (broad SMARTS) is 1. The van der Waals surface area contributed by atoms with E-state index >= 15 is 0 Å². The van der Waals surface area contributed by atoms with E-state index in [2.05, 4.69) is 26.6 Å². The zero-order valence-corrected chi connectivity index (χ0v) is 11.6. The van der Waals surface area contributed by atoms with Gasteiger partial charge in [-0.3, -0.25) is 4.79 Å². The van der Waals surface area contributed by atoms with Crippen LogP contribution in [0.2, 0.25) is 0 Å². The summed E-state index contributed by atoms with van der Waals surface area (Å²) >= 11 is 3.15. The van der Waals surface area contributed by atoms with Gasteiger partial charge in [0.05, 0.1) is 5.56 Å². The Balaban J connectivity index is 2.65. The fourth-order valence-corrected chi connectivity index (χ4v) is 1.83. The second-order valence-electron chi connectivity index (χ2n) is 3.76. The van der Waals surface area contributed by atoms with E-state index in [4.69, 9.17) is 5.11 Å². The average molecular weight is 315 g/mol. The van der Waals surface area contributed by atoms with Gasteiger partial charge in [0.15, 0.2) is 0 Å². The van der Waals surface area contributed by atoms with Crippen molar-refractivity contribution in [2.75, 3.05) is 18.9 Å². The molecule has 0 spiro atoms. The van der Waals surface area contributed by atoms with Gasteiger partial charge in [-0.2, -0.15) is 0 Å². The molecular formula is C12H15BrN2O3. The van der Waals surface area contributed by atoms with Gasteiger partial charge in [-0.1, -0.05) is 0 Å². The summed E-state index contributed by atoms with van der Waals surface area (Å²) < 4.78 is 0.489. The Labute approximate surface area is 114 Å². The van der Waals surface area contributed by atoms with Crippen molar-refractivity contribution in [3.05, 3.63) is 28.2 Å². The van der Waals surface area contributed by atoms with Crippen LogP contribution in [0, 0.1) is 0 Å². The second kappa shape index (κ2) is 7.13. The van der Waals surface area contributed by atoms with E-state index < -0.39 is 5.97 Å². The van der Waals surface area contributed by atoms with Gasteiger partial charge in [-0.05, 0) is 54.1 Å². The average Bonchev–Trinajstić information content (AvgIpc) is 2.31. The van der Waals surface area contributed by atoms with Crippen LogP contribution in [-0.2, 0) is 4.79 Å². The third-order valence-corrected chi connectivity index (χ3v) is 3.00. The highest BCUT2D eigenvalue weighted by Crippen LogP contribution is 2.21. The van der Waals surface area contributed by atoms with Gasteiger partial charge in [-0.25, -0.2) is 4.79 Å². The Morgan fingerprint density at radius 1 is 1.39 bits per heavy atom. The molecule has 0 saturated carbocycles. The first kappa shape index (κ1) is 14.7. The number of rotatable bonds is 6. The quantitative estimate of drug-likeness (QED) is 0.702. The van der Waals surface area contributed by atoms with Crippen molar-refractivity contribution in [1.82, 2.24) is 5.32 Å². The number of carboxylic acids is 1. The van der Waals surface area contributed by atoms with Gasteiger partial charge in [0, 0.05) is 16.6 Å². The van der Waals surface area contributed by atoms with Gasteiger partial charge < -0.3 is 15.7 Å². The number of nitrogens with one attached hydrogen (secondary N) is 2. The van der Waals surface area contributed by atoms with E-state index in [0.717, 1.165) is 13.0 Å². The second-order valence-corrected chi connectivity index (χ2v) is 4.61. The van der Waals surface area contributed by atoms with Crippen LogP contribution in [0.5, 0.6) is 0 Å². The SMILES string of the molecule is CNCCCC(=O)Nc1ccc(Br)c(C(=O)O)c1. The lowest BCUT2D eigenvalue weighted by atomic mass is 10.2. The first-order valence-corrected chi connectivity index (χ1v) is 6.31. The molecule has 6 heteroatoms. The molecule has 18 heavy (non-hydrogen) atoms. The van der Waals surface area contributed by atoms with Crippen LogP contribution >= 0.6 is 15.9 Å². The van der Waals surface area contributed by atoms with E-state index in [9.17, 15) is 9.59 Å². The lowest BCUT2D eigenvalue weighted by Crippen LogP contribution is -2.15. The molecule has 0 fully saturated rings. The lowest BCUT2D eigenvalue weighted by Gasteiger charge is -2.07. The topological polar surface area (TPSA) is 78.4 Å². The number of aromatic carboxylic acids is 1. The number of amides is 1. The Bertz CT molecular complexity index is 449. The van der Waals surface area contributed by atoms with Crippen LogP contribution in [0.1, 0.15) is 23.2 Å². The molecule has 0 radical (unpaired) electrons. The molecule has 0 bridgehead atoms. The molecule has 98 valence electrons. The number of hydrogen-bond acceptors (Lipinski definition) is 3. The van der Waals surface area contributed by atoms with Gasteiger partial charge in [0.25, 0.3) is 0 Å². The summed E-state index contributed by atoms with van der Waals surface area (Å²) in [7, 11) is 1.83. The predicted octanol–water partition coefficient (Wildman–Crippen LogP) is 2.09. The fraction of sp³-hybridized carbons (Fsp3) is 0.333. The van der Waals surface area contributed by atoms with E-state index in [1.807, 2.05) is 7.05 Å². The summed E-state index contributed by atoms with van der Waals surface area (Å²) in [4.78, 5) is 22.5. The minimum Gasteiger partial charge on any atom is -0.478 e. The molecule has 3 N–H and O–H groups in total. The fourth-order valence-electron chi connectivity index (χ4n) is 1.42. The van der Waals surface area contributed by atoms with Crippen LogP contribution in [0.25, 0.3) is 0 Å². The molecule has 0 heterocycles. The molecule has 0 aliphatic heterocycles. The van der Waals surface area contributed by atoms with Crippen molar-refractivity contribution in [1.29, 1.82) is 0 Å². The molecule has 1 amide bonds. The van der Waals surface area contributed by atoms with Crippen molar-refractivity contribution < 1.29 is 14.7 Å². The molecule has 0 saturated heterocycles. The van der Waals surface area contributed by atoms with E-state index in [-0.39, 0.29) is 11.5 Å². The number of carbonyl (C=O) groups is 2. The minimum absolute atomic E-state index is 0.121. The normalized spacial score (nSPS) is 10.1. The van der Waals surface area contributed by atoms with Crippen molar-refractivity contribution in [3.63, 3.8) is 0 Å². The lowest BCUT2D eigenvalue weighted by molar-refractivity contribution is -0.116. The maximum Gasteiger partial charge on any atom is 0.336 e. The standard InChI is InChI=1S/C12H15BrN2O3/c1-14-6-2-3-11(16)15-8-4-5-10(13)9(7-8)12(17)18/h4-5,7,14H,2-3,6H2,1H3,(H,15,16)(H,17,18). The Morgan fingerprint density at radius 3 is 2.72 bits per heavy atom. The largest absolute Gasteiger partial charge is 0.478 e. The molecule has 0 aliphatic carbocycles. The maximum atomic E-state index is 11.6. The zero-order valence-electron chi connectivity index (χ0n) is 10.00. The molecule has 5 nitrogen and oxygen atoms in total. The molecule has 0 aromatic heterocycles. The summed E-state index contributed by atoms with van der Waals surface area (Å²) in [6.07, 6.45) is 1.14. The summed E-state index contributed by atoms with van der Waals surface area (Å²) in [6.45, 7) is 0.772. The molecule has 0 atom stereocenters. The van der Waals surface area contributed by atoms with Crippen LogP contribution in [0.3, 0.4) is 0 Å². The zero-order chi connectivity index (χ0) is 13.5. The summed E-state index contributed by atoms with van der Waals surface area (Å²) in [5.74, 6) is -1.16. The Morgan fingerprint density at radius 2 is 2.11 bits per heavy atom. The van der Waals surface area contributed by atoms with Crippen molar-refractivity contribution in [2.24, 2.45) is 0 Å². The van der Waals surface area contributed by atoms with E-state index in [1.165, 1.54) is 6.07 Å². The monoisotopic (exact) mass is 314 g/mol. The highest BCUT2D eigenvalue weighted by molar-refractivity contribution is 9.10. The molecule has 0 unspecified atom stereocenters. The van der Waals surface area contributed by atoms with E-state index in [1.54, 1.807) is 12.1 Å². The Kier molecular flexibility index (Phi) is 5.80. The highest BCUT2D eigenvalue weighted by Gasteiger charge is 2.10. The number of anilines is 1. The van der Waals surface area contributed by atoms with Crippen molar-refractivity contribution in [2.45, 2.75) is 12.8 Å². The van der Waals surface area contributed by atoms with Gasteiger partial charge >= 0.3 is 5.97 Å². The molecule has 1 rings (SSSR count). The number of benzene rings is 1. The van der Waals surface area contributed by atoms with Crippen LogP contribution in [0.4, 0.5) is 5.69 Å². The number of carbonyl (C=O) groups excluding carboxylic acids is 1. The smallest absolute Gasteiger partial charge is 0.336 e. The van der Waals surface area contributed by atoms with Crippen LogP contribution in [0.15, 0.2) is 22.7 Å². The highest BCUT2D eigenvalue weighted by atomic mass is 79.9. The third kappa shape index (κ3) is 4.46. The molecule has 1 aromatic carbocycles. The predicted molar refractivity (Wildman–Crippen MR) is 72.9 cm³/mol. The molecule has 0 aliphatic rings. The number of halogens is 1. The van der Waals surface area contributed by atoms with E-state index in [0.29, 0.717) is 16.6 Å². The first-order chi connectivity index (χ1) is 8.54. The molecular weight excluding hydrogens is 300 g/mol. The van der Waals surface area contributed by atoms with Gasteiger partial charge in [-0.15, -0.1) is 0 Å². The van der Waals surface area contributed by atoms with Gasteiger partial charge in [0.2, 0.25) is 5.91 Å². The number of hydrogen-bond donors (Lipinski definition) is 3. The van der Waals surface area contributed by atoms with Crippen LogP contribution < -0.4 is 10.6 Å².